The van der Waals surface area contributed by atoms with Gasteiger partial charge in [0.05, 0.1) is 8.47 Å². The molecule has 198 valence electrons. The van der Waals surface area contributed by atoms with Gasteiger partial charge in [-0.2, -0.15) is 0 Å². The first-order valence-corrected chi connectivity index (χ1v) is 17.4. The van der Waals surface area contributed by atoms with E-state index in [1.54, 1.807) is 0 Å². The van der Waals surface area contributed by atoms with E-state index in [0.29, 0.717) is 17.3 Å². The fraction of sp³-hybridized carbons (Fsp3) is 0.222. The van der Waals surface area contributed by atoms with E-state index in [9.17, 15) is 0 Å². The molecule has 0 N–H and O–H groups in total. The Labute approximate surface area is 253 Å². The number of fused-ring (bicyclic) bond motifs is 6. The molecule has 0 bridgehead atoms. The molecule has 5 aromatic rings. The van der Waals surface area contributed by atoms with Crippen LogP contribution in [-0.2, 0) is 0 Å². The lowest BCUT2D eigenvalue weighted by atomic mass is 9.61. The number of rotatable bonds is 2. The lowest BCUT2D eigenvalue weighted by Crippen LogP contribution is -2.30. The highest BCUT2D eigenvalue weighted by molar-refractivity contribution is 8.30. The maximum Gasteiger partial charge on any atom is 0.0706 e. The summed E-state index contributed by atoms with van der Waals surface area (Å²) in [6.45, 7) is 11.5. The first-order chi connectivity index (χ1) is 19.4. The number of hydrogen-bond acceptors (Lipinski definition) is 4. The van der Waals surface area contributed by atoms with Crippen molar-refractivity contribution in [1.82, 2.24) is 0 Å². The minimum atomic E-state index is 0.321. The van der Waals surface area contributed by atoms with E-state index < -0.39 is 0 Å². The van der Waals surface area contributed by atoms with Gasteiger partial charge in [0.2, 0.25) is 0 Å². The largest absolute Gasteiger partial charge is 0.102 e. The van der Waals surface area contributed by atoms with Crippen LogP contribution >= 0.6 is 47.0 Å². The maximum absolute atomic E-state index is 4.23. The van der Waals surface area contributed by atoms with Crippen LogP contribution in [0.15, 0.2) is 114 Å². The Bertz CT molecular complexity index is 1870. The van der Waals surface area contributed by atoms with Gasteiger partial charge in [-0.05, 0) is 97.6 Å². The Morgan fingerprint density at radius 3 is 1.60 bits per heavy atom. The third kappa shape index (κ3) is 3.94. The summed E-state index contributed by atoms with van der Waals surface area (Å²) in [5, 5.41) is 8.01. The van der Waals surface area contributed by atoms with Gasteiger partial charge in [-0.1, -0.05) is 117 Å². The highest BCUT2D eigenvalue weighted by atomic mass is 32.2. The molecule has 0 fully saturated rings. The fourth-order valence-electron chi connectivity index (χ4n) is 6.74. The van der Waals surface area contributed by atoms with Crippen LogP contribution in [0, 0.1) is 5.41 Å². The number of thioether (sulfide) groups is 4. The van der Waals surface area contributed by atoms with E-state index in [4.69, 9.17) is 0 Å². The molecular weight excluding hydrogens is 561 g/mol. The summed E-state index contributed by atoms with van der Waals surface area (Å²) < 4.78 is 2.84. The Hall–Kier alpha value is -2.24. The Kier molecular flexibility index (Phi) is 5.98. The predicted octanol–water partition coefficient (Wildman–Crippen LogP) is 12.6. The van der Waals surface area contributed by atoms with Crippen LogP contribution in [0.1, 0.15) is 56.6 Å². The van der Waals surface area contributed by atoms with Crippen molar-refractivity contribution in [3.05, 3.63) is 105 Å². The third-order valence-electron chi connectivity index (χ3n) is 9.54. The van der Waals surface area contributed by atoms with E-state index >= 15 is 0 Å². The molecule has 0 amide bonds. The summed E-state index contributed by atoms with van der Waals surface area (Å²) in [4.78, 5) is 5.56. The van der Waals surface area contributed by atoms with Gasteiger partial charge in [0.1, 0.15) is 0 Å². The number of allylic oxidation sites excluding steroid dienone is 1. The molecule has 0 spiro atoms. The summed E-state index contributed by atoms with van der Waals surface area (Å²) in [5.74, 6) is 0.991. The molecule has 40 heavy (non-hydrogen) atoms. The van der Waals surface area contributed by atoms with E-state index in [0.717, 1.165) is 0 Å². The van der Waals surface area contributed by atoms with E-state index in [2.05, 4.69) is 106 Å². The van der Waals surface area contributed by atoms with Crippen molar-refractivity contribution in [3.63, 3.8) is 0 Å². The topological polar surface area (TPSA) is 0 Å². The molecule has 0 aromatic heterocycles. The molecule has 3 atom stereocenters. The fourth-order valence-corrected chi connectivity index (χ4v) is 12.2. The van der Waals surface area contributed by atoms with Gasteiger partial charge in [-0.25, -0.2) is 0 Å². The predicted molar refractivity (Wildman–Crippen MR) is 180 cm³/mol. The van der Waals surface area contributed by atoms with E-state index in [-0.39, 0.29) is 0 Å². The summed E-state index contributed by atoms with van der Waals surface area (Å²) >= 11 is 7.80. The van der Waals surface area contributed by atoms with Gasteiger partial charge < -0.3 is 0 Å². The molecular formula is C36H30S4. The van der Waals surface area contributed by atoms with Crippen molar-refractivity contribution in [1.29, 1.82) is 0 Å². The zero-order valence-electron chi connectivity index (χ0n) is 22.9. The molecule has 2 aliphatic heterocycles. The maximum atomic E-state index is 4.23. The lowest BCUT2D eigenvalue weighted by Gasteiger charge is -2.44. The molecule has 5 aromatic carbocycles. The Morgan fingerprint density at radius 2 is 1.15 bits per heavy atom. The first-order valence-electron chi connectivity index (χ1n) is 14.1. The van der Waals surface area contributed by atoms with Gasteiger partial charge in [-0.15, -0.1) is 6.58 Å². The zero-order chi connectivity index (χ0) is 27.2. The summed E-state index contributed by atoms with van der Waals surface area (Å²) in [7, 11) is 0. The smallest absolute Gasteiger partial charge is 0.0706 e. The second kappa shape index (κ2) is 9.39. The molecule has 0 nitrogen and oxygen atoms in total. The molecule has 2 heterocycles. The molecule has 0 saturated carbocycles. The average Bonchev–Trinajstić information content (AvgIpc) is 3.58. The molecule has 3 unspecified atom stereocenters. The monoisotopic (exact) mass is 590 g/mol. The molecule has 1 aliphatic carbocycles. The van der Waals surface area contributed by atoms with Crippen molar-refractivity contribution >= 4 is 79.4 Å². The SMILES string of the molecule is C=CC1CC(C)(CC)C(C)c2cc3cc4c(cc3cc21)SC(=C1Sc2cc3cc5ccccc5cc3cc2S1)S4. The van der Waals surface area contributed by atoms with Crippen LogP contribution in [0.5, 0.6) is 0 Å². The Balaban J connectivity index is 1.15. The summed E-state index contributed by atoms with van der Waals surface area (Å²) in [6, 6.07) is 28.0. The van der Waals surface area contributed by atoms with Crippen LogP contribution in [-0.4, -0.2) is 0 Å². The van der Waals surface area contributed by atoms with Crippen LogP contribution < -0.4 is 0 Å². The van der Waals surface area contributed by atoms with Crippen molar-refractivity contribution in [2.75, 3.05) is 0 Å². The summed E-state index contributed by atoms with van der Waals surface area (Å²) in [5.41, 5.74) is 3.34. The standard InChI is InChI=1S/C36H30S4/c1-5-21-19-36(4,6-2)20(3)28-13-26-17-32-33(18-27(26)14-29(21)28)40-35(39-32)34-37-30-15-24-11-22-9-7-8-10-23(22)12-25(24)16-31(30)38-34/h5,7-18,20-21H,1,6,19H2,2-4H3. The molecule has 0 radical (unpaired) electrons. The van der Waals surface area contributed by atoms with Crippen LogP contribution in [0.25, 0.3) is 32.3 Å². The minimum Gasteiger partial charge on any atom is -0.102 e. The normalized spacial score (nSPS) is 23.6. The number of hydrogen-bond donors (Lipinski definition) is 0. The van der Waals surface area contributed by atoms with Gasteiger partial charge in [-0.3, -0.25) is 0 Å². The average molecular weight is 591 g/mol. The van der Waals surface area contributed by atoms with Gasteiger partial charge in [0, 0.05) is 25.5 Å². The second-order valence-corrected chi connectivity index (χ2v) is 16.5. The van der Waals surface area contributed by atoms with Crippen molar-refractivity contribution in [3.8, 4) is 0 Å². The number of benzene rings is 5. The second-order valence-electron chi connectivity index (χ2n) is 11.7. The highest BCUT2D eigenvalue weighted by Gasteiger charge is 2.39. The summed E-state index contributed by atoms with van der Waals surface area (Å²) in [6.07, 6.45) is 4.58. The van der Waals surface area contributed by atoms with Gasteiger partial charge in [0.15, 0.2) is 0 Å². The van der Waals surface area contributed by atoms with Crippen LogP contribution in [0.2, 0.25) is 0 Å². The lowest BCUT2D eigenvalue weighted by molar-refractivity contribution is 0.207. The highest BCUT2D eigenvalue weighted by Crippen LogP contribution is 2.62. The van der Waals surface area contributed by atoms with Crippen molar-refractivity contribution in [2.45, 2.75) is 65.0 Å². The van der Waals surface area contributed by atoms with Gasteiger partial charge in [0.25, 0.3) is 0 Å². The van der Waals surface area contributed by atoms with Crippen LogP contribution in [0.3, 0.4) is 0 Å². The van der Waals surface area contributed by atoms with E-state index in [1.807, 2.05) is 47.0 Å². The molecule has 4 heteroatoms. The van der Waals surface area contributed by atoms with Crippen LogP contribution in [0.4, 0.5) is 0 Å². The quantitative estimate of drug-likeness (QED) is 0.148. The van der Waals surface area contributed by atoms with Crippen molar-refractivity contribution in [2.24, 2.45) is 5.41 Å². The molecule has 3 aliphatic rings. The van der Waals surface area contributed by atoms with E-state index in [1.165, 1.54) is 84.3 Å². The minimum absolute atomic E-state index is 0.321. The van der Waals surface area contributed by atoms with Crippen molar-refractivity contribution < 1.29 is 0 Å². The first kappa shape index (κ1) is 25.5. The third-order valence-corrected chi connectivity index (χ3v) is 15.1. The molecule has 0 saturated heterocycles. The van der Waals surface area contributed by atoms with Gasteiger partial charge >= 0.3 is 0 Å². The Morgan fingerprint density at radius 1 is 0.700 bits per heavy atom. The zero-order valence-corrected chi connectivity index (χ0v) is 26.2. The molecule has 8 rings (SSSR count).